The molecule has 0 fully saturated rings. The van der Waals surface area contributed by atoms with E-state index in [1.54, 1.807) is 6.20 Å². The zero-order chi connectivity index (χ0) is 14.6. The quantitative estimate of drug-likeness (QED) is 0.873. The summed E-state index contributed by atoms with van der Waals surface area (Å²) in [7, 11) is 1.89. The Balaban J connectivity index is 3.19. The lowest BCUT2D eigenvalue weighted by Gasteiger charge is -2.37. The van der Waals surface area contributed by atoms with Crippen molar-refractivity contribution in [1.82, 2.24) is 10.3 Å². The van der Waals surface area contributed by atoms with Crippen LogP contribution in [-0.2, 0) is 4.74 Å². The Morgan fingerprint density at radius 1 is 1.47 bits per heavy atom. The van der Waals surface area contributed by atoms with Crippen LogP contribution in [0, 0.1) is 5.41 Å². The Hall–Kier alpha value is -0.840. The van der Waals surface area contributed by atoms with E-state index in [4.69, 9.17) is 22.1 Å². The van der Waals surface area contributed by atoms with Crippen LogP contribution < -0.4 is 11.1 Å². The van der Waals surface area contributed by atoms with Gasteiger partial charge in [0, 0.05) is 18.4 Å². The monoisotopic (exact) mass is 285 g/mol. The van der Waals surface area contributed by atoms with Gasteiger partial charge in [0.05, 0.1) is 17.2 Å². The van der Waals surface area contributed by atoms with Crippen molar-refractivity contribution in [2.24, 2.45) is 5.41 Å². The molecule has 108 valence electrons. The molecule has 1 aromatic rings. The van der Waals surface area contributed by atoms with E-state index in [1.807, 2.05) is 20.0 Å². The molecule has 4 nitrogen and oxygen atoms in total. The number of nitrogens with zero attached hydrogens (tertiary/aromatic N) is 1. The molecule has 0 aliphatic heterocycles. The molecule has 3 N–H and O–H groups in total. The van der Waals surface area contributed by atoms with Crippen molar-refractivity contribution in [2.45, 2.75) is 39.8 Å². The molecule has 2 unspecified atom stereocenters. The second kappa shape index (κ2) is 6.55. The first kappa shape index (κ1) is 16.2. The van der Waals surface area contributed by atoms with E-state index >= 15 is 0 Å². The zero-order valence-electron chi connectivity index (χ0n) is 12.3. The second-order valence-electron chi connectivity index (χ2n) is 5.64. The highest BCUT2D eigenvalue weighted by molar-refractivity contribution is 6.30. The van der Waals surface area contributed by atoms with Crippen LogP contribution in [0.3, 0.4) is 0 Å². The number of halogens is 1. The summed E-state index contributed by atoms with van der Waals surface area (Å²) in [6.45, 7) is 9.07. The van der Waals surface area contributed by atoms with Crippen LogP contribution in [-0.4, -0.2) is 24.7 Å². The second-order valence-corrected chi connectivity index (χ2v) is 6.07. The van der Waals surface area contributed by atoms with Crippen molar-refractivity contribution in [3.63, 3.8) is 0 Å². The first-order valence-corrected chi connectivity index (χ1v) is 6.88. The lowest BCUT2D eigenvalue weighted by Crippen LogP contribution is -2.41. The number of anilines is 1. The SMILES string of the molecule is CCOC(C(NC)c1cc(Cl)cnc1N)C(C)(C)C. The molecule has 0 saturated carbocycles. The minimum atomic E-state index is -0.0499. The Kier molecular flexibility index (Phi) is 5.59. The van der Waals surface area contributed by atoms with Gasteiger partial charge in [-0.3, -0.25) is 0 Å². The van der Waals surface area contributed by atoms with Crippen LogP contribution in [0.15, 0.2) is 12.3 Å². The maximum atomic E-state index is 6.03. The summed E-state index contributed by atoms with van der Waals surface area (Å²) in [5, 5.41) is 3.85. The predicted molar refractivity (Wildman–Crippen MR) is 80.3 cm³/mol. The van der Waals surface area contributed by atoms with Gasteiger partial charge in [0.25, 0.3) is 0 Å². The van der Waals surface area contributed by atoms with Crippen molar-refractivity contribution in [3.8, 4) is 0 Å². The van der Waals surface area contributed by atoms with Gasteiger partial charge in [-0.2, -0.15) is 0 Å². The summed E-state index contributed by atoms with van der Waals surface area (Å²) in [5.74, 6) is 0.484. The average Bonchev–Trinajstić information content (AvgIpc) is 2.32. The fraction of sp³-hybridized carbons (Fsp3) is 0.643. The number of nitrogen functional groups attached to an aromatic ring is 1. The number of likely N-dealkylation sites (N-methyl/N-ethyl adjacent to an activating group) is 1. The summed E-state index contributed by atoms with van der Waals surface area (Å²) < 4.78 is 5.92. The molecule has 1 aromatic heterocycles. The molecule has 0 aliphatic rings. The van der Waals surface area contributed by atoms with E-state index in [2.05, 4.69) is 31.1 Å². The van der Waals surface area contributed by atoms with Crippen LogP contribution in [0.4, 0.5) is 5.82 Å². The van der Waals surface area contributed by atoms with E-state index in [9.17, 15) is 0 Å². The number of pyridine rings is 1. The first-order valence-electron chi connectivity index (χ1n) is 6.51. The van der Waals surface area contributed by atoms with Gasteiger partial charge < -0.3 is 15.8 Å². The smallest absolute Gasteiger partial charge is 0.128 e. The maximum Gasteiger partial charge on any atom is 0.128 e. The fourth-order valence-electron chi connectivity index (χ4n) is 2.21. The summed E-state index contributed by atoms with van der Waals surface area (Å²) in [6.07, 6.45) is 1.53. The molecule has 1 rings (SSSR count). The first-order chi connectivity index (χ1) is 8.81. The third kappa shape index (κ3) is 4.06. The van der Waals surface area contributed by atoms with Crippen molar-refractivity contribution in [1.29, 1.82) is 0 Å². The molecule has 19 heavy (non-hydrogen) atoms. The summed E-state index contributed by atoms with van der Waals surface area (Å²) in [4.78, 5) is 4.12. The van der Waals surface area contributed by atoms with E-state index in [0.29, 0.717) is 17.4 Å². The van der Waals surface area contributed by atoms with Crippen LogP contribution in [0.2, 0.25) is 5.02 Å². The van der Waals surface area contributed by atoms with Crippen LogP contribution in [0.25, 0.3) is 0 Å². The molecule has 0 aliphatic carbocycles. The molecule has 0 radical (unpaired) electrons. The van der Waals surface area contributed by atoms with Crippen LogP contribution >= 0.6 is 11.6 Å². The van der Waals surface area contributed by atoms with Crippen LogP contribution in [0.5, 0.6) is 0 Å². The molecule has 0 aromatic carbocycles. The Bertz CT molecular complexity index is 418. The van der Waals surface area contributed by atoms with Crippen molar-refractivity contribution in [2.75, 3.05) is 19.4 Å². The summed E-state index contributed by atoms with van der Waals surface area (Å²) in [6, 6.07) is 1.80. The standard InChI is InChI=1S/C14H24ClN3O/c1-6-19-12(14(2,3)4)11(17-5)10-7-9(15)8-18-13(10)16/h7-8,11-12,17H,6H2,1-5H3,(H2,16,18). The summed E-state index contributed by atoms with van der Waals surface area (Å²) in [5.41, 5.74) is 6.83. The van der Waals surface area contributed by atoms with Crippen molar-refractivity contribution in [3.05, 3.63) is 22.8 Å². The minimum absolute atomic E-state index is 0.0231. The number of hydrogen-bond donors (Lipinski definition) is 2. The van der Waals surface area contributed by atoms with Gasteiger partial charge in [-0.25, -0.2) is 4.98 Å². The average molecular weight is 286 g/mol. The molecule has 1 heterocycles. The lowest BCUT2D eigenvalue weighted by atomic mass is 9.82. The van der Waals surface area contributed by atoms with E-state index in [-0.39, 0.29) is 17.6 Å². The van der Waals surface area contributed by atoms with Gasteiger partial charge in [-0.15, -0.1) is 0 Å². The number of ether oxygens (including phenoxy) is 1. The van der Waals surface area contributed by atoms with Crippen molar-refractivity contribution < 1.29 is 4.74 Å². The molecule has 0 spiro atoms. The molecule has 2 atom stereocenters. The molecule has 0 saturated heterocycles. The number of aromatic nitrogens is 1. The minimum Gasteiger partial charge on any atom is -0.383 e. The number of hydrogen-bond acceptors (Lipinski definition) is 4. The van der Waals surface area contributed by atoms with Gasteiger partial charge in [-0.05, 0) is 25.5 Å². The highest BCUT2D eigenvalue weighted by Gasteiger charge is 2.34. The molecular weight excluding hydrogens is 262 g/mol. The van der Waals surface area contributed by atoms with E-state index < -0.39 is 0 Å². The highest BCUT2D eigenvalue weighted by atomic mass is 35.5. The lowest BCUT2D eigenvalue weighted by molar-refractivity contribution is -0.0349. The third-order valence-electron chi connectivity index (χ3n) is 3.06. The van der Waals surface area contributed by atoms with Crippen LogP contribution in [0.1, 0.15) is 39.3 Å². The highest BCUT2D eigenvalue weighted by Crippen LogP contribution is 2.35. The van der Waals surface area contributed by atoms with Gasteiger partial charge in [0.15, 0.2) is 0 Å². The Labute approximate surface area is 120 Å². The topological polar surface area (TPSA) is 60.2 Å². The fourth-order valence-corrected chi connectivity index (χ4v) is 2.38. The van der Waals surface area contributed by atoms with Gasteiger partial charge in [0.1, 0.15) is 5.82 Å². The zero-order valence-corrected chi connectivity index (χ0v) is 13.1. The molecular formula is C14H24ClN3O. The van der Waals surface area contributed by atoms with E-state index in [1.165, 1.54) is 0 Å². The number of nitrogens with one attached hydrogen (secondary N) is 1. The Morgan fingerprint density at radius 2 is 2.11 bits per heavy atom. The van der Waals surface area contributed by atoms with E-state index in [0.717, 1.165) is 5.56 Å². The van der Waals surface area contributed by atoms with Gasteiger partial charge in [-0.1, -0.05) is 32.4 Å². The maximum absolute atomic E-state index is 6.03. The third-order valence-corrected chi connectivity index (χ3v) is 3.27. The summed E-state index contributed by atoms with van der Waals surface area (Å²) >= 11 is 6.03. The van der Waals surface area contributed by atoms with Gasteiger partial charge >= 0.3 is 0 Å². The number of nitrogens with two attached hydrogens (primary N) is 1. The largest absolute Gasteiger partial charge is 0.383 e. The molecule has 0 bridgehead atoms. The Morgan fingerprint density at radius 3 is 2.58 bits per heavy atom. The predicted octanol–water partition coefficient (Wildman–Crippen LogP) is 3.03. The normalized spacial score (nSPS) is 15.3. The van der Waals surface area contributed by atoms with Crippen molar-refractivity contribution >= 4 is 17.4 Å². The molecule has 0 amide bonds. The number of rotatable bonds is 5. The molecule has 5 heteroatoms. The van der Waals surface area contributed by atoms with Gasteiger partial charge in [0.2, 0.25) is 0 Å².